The highest BCUT2D eigenvalue weighted by Crippen LogP contribution is 2.45. The summed E-state index contributed by atoms with van der Waals surface area (Å²) in [6, 6.07) is 61.7. The van der Waals surface area contributed by atoms with E-state index in [2.05, 4.69) is 170 Å². The minimum atomic E-state index is 1.23. The van der Waals surface area contributed by atoms with Crippen molar-refractivity contribution in [1.29, 1.82) is 0 Å². The molecule has 0 atom stereocenters. The minimum Gasteiger partial charge on any atom is -0.0622 e. The van der Waals surface area contributed by atoms with Gasteiger partial charge < -0.3 is 0 Å². The molecule has 0 aromatic heterocycles. The lowest BCUT2D eigenvalue weighted by Crippen LogP contribution is -1.92. The highest BCUT2D eigenvalue weighted by atomic mass is 14.2. The largest absolute Gasteiger partial charge is 0.0622 e. The molecule has 42 heavy (non-hydrogen) atoms. The summed E-state index contributed by atoms with van der Waals surface area (Å²) in [6.07, 6.45) is 0. The molecule has 8 rings (SSSR count). The first-order valence-electron chi connectivity index (χ1n) is 14.5. The SMILES string of the molecule is c1ccc(-c2ccc(-c3c4ccccc4c(-c4cccc5cc(-c6ccccc6)ccc45)c4ccccc34)cc2)cc1. The maximum Gasteiger partial charge on any atom is -0.00201 e. The van der Waals surface area contributed by atoms with Crippen molar-refractivity contribution in [3.8, 4) is 44.5 Å². The molecule has 0 radical (unpaired) electrons. The second-order valence-corrected chi connectivity index (χ2v) is 10.9. The van der Waals surface area contributed by atoms with Gasteiger partial charge in [0.15, 0.2) is 0 Å². The predicted molar refractivity (Wildman–Crippen MR) is 181 cm³/mol. The summed E-state index contributed by atoms with van der Waals surface area (Å²) >= 11 is 0. The standard InChI is InChI=1S/C42H28/c1-3-12-29(13-4-1)31-22-24-32(25-23-31)41-37-17-7-9-19-39(37)42(40-20-10-8-18-38(40)41)36-21-11-16-34-28-33(26-27-35(34)36)30-14-5-2-6-15-30/h1-28H. The van der Waals surface area contributed by atoms with Gasteiger partial charge in [0.1, 0.15) is 0 Å². The van der Waals surface area contributed by atoms with E-state index < -0.39 is 0 Å². The van der Waals surface area contributed by atoms with Crippen molar-refractivity contribution < 1.29 is 0 Å². The molecule has 8 aromatic rings. The first-order valence-corrected chi connectivity index (χ1v) is 14.5. The molecule has 0 heteroatoms. The summed E-state index contributed by atoms with van der Waals surface area (Å²) < 4.78 is 0. The van der Waals surface area contributed by atoms with Gasteiger partial charge in [0.05, 0.1) is 0 Å². The molecule has 0 saturated carbocycles. The van der Waals surface area contributed by atoms with Crippen molar-refractivity contribution in [1.82, 2.24) is 0 Å². The maximum atomic E-state index is 2.32. The molecule has 0 aliphatic carbocycles. The van der Waals surface area contributed by atoms with Crippen LogP contribution in [0.2, 0.25) is 0 Å². The highest BCUT2D eigenvalue weighted by molar-refractivity contribution is 6.23. The third-order valence-corrected chi connectivity index (χ3v) is 8.47. The quantitative estimate of drug-likeness (QED) is 0.198. The van der Waals surface area contributed by atoms with Gasteiger partial charge in [-0.25, -0.2) is 0 Å². The monoisotopic (exact) mass is 532 g/mol. The average molecular weight is 533 g/mol. The average Bonchev–Trinajstić information content (AvgIpc) is 3.07. The Morgan fingerprint density at radius 3 is 1.29 bits per heavy atom. The second-order valence-electron chi connectivity index (χ2n) is 10.9. The topological polar surface area (TPSA) is 0 Å². The number of fused-ring (bicyclic) bond motifs is 3. The fourth-order valence-corrected chi connectivity index (χ4v) is 6.50. The molecule has 196 valence electrons. The summed E-state index contributed by atoms with van der Waals surface area (Å²) in [4.78, 5) is 0. The Morgan fingerprint density at radius 1 is 0.238 bits per heavy atom. The van der Waals surface area contributed by atoms with Gasteiger partial charge in [0, 0.05) is 0 Å². The van der Waals surface area contributed by atoms with Crippen LogP contribution in [0.1, 0.15) is 0 Å². The lowest BCUT2D eigenvalue weighted by molar-refractivity contribution is 1.61. The normalized spacial score (nSPS) is 11.3. The van der Waals surface area contributed by atoms with Gasteiger partial charge in [0.25, 0.3) is 0 Å². The van der Waals surface area contributed by atoms with Gasteiger partial charge in [-0.1, -0.05) is 164 Å². The van der Waals surface area contributed by atoms with Crippen molar-refractivity contribution in [2.45, 2.75) is 0 Å². The van der Waals surface area contributed by atoms with E-state index in [0.29, 0.717) is 0 Å². The zero-order valence-electron chi connectivity index (χ0n) is 23.2. The van der Waals surface area contributed by atoms with Crippen LogP contribution in [0.25, 0.3) is 76.8 Å². The summed E-state index contributed by atoms with van der Waals surface area (Å²) in [7, 11) is 0. The molecule has 0 N–H and O–H groups in total. The maximum absolute atomic E-state index is 2.32. The van der Waals surface area contributed by atoms with Gasteiger partial charge in [0.2, 0.25) is 0 Å². The van der Waals surface area contributed by atoms with E-state index in [9.17, 15) is 0 Å². The second kappa shape index (κ2) is 10.2. The molecule has 0 aliphatic rings. The molecule has 0 bridgehead atoms. The molecular formula is C42H28. The van der Waals surface area contributed by atoms with Gasteiger partial charge in [-0.2, -0.15) is 0 Å². The molecule has 0 amide bonds. The van der Waals surface area contributed by atoms with E-state index in [-0.39, 0.29) is 0 Å². The molecule has 0 saturated heterocycles. The van der Waals surface area contributed by atoms with Crippen LogP contribution in [-0.4, -0.2) is 0 Å². The van der Waals surface area contributed by atoms with Crippen LogP contribution in [0.3, 0.4) is 0 Å². The summed E-state index contributed by atoms with van der Waals surface area (Å²) in [6.45, 7) is 0. The van der Waals surface area contributed by atoms with Gasteiger partial charge in [-0.15, -0.1) is 0 Å². The van der Waals surface area contributed by atoms with E-state index in [0.717, 1.165) is 0 Å². The lowest BCUT2D eigenvalue weighted by atomic mass is 9.84. The Hall–Kier alpha value is -5.46. The number of hydrogen-bond acceptors (Lipinski definition) is 0. The third kappa shape index (κ3) is 4.08. The Labute approximate surface area is 246 Å². The Bertz CT molecular complexity index is 2150. The van der Waals surface area contributed by atoms with Crippen LogP contribution in [0.4, 0.5) is 0 Å². The third-order valence-electron chi connectivity index (χ3n) is 8.47. The minimum absolute atomic E-state index is 1.23. The van der Waals surface area contributed by atoms with Crippen molar-refractivity contribution in [3.05, 3.63) is 170 Å². The zero-order valence-corrected chi connectivity index (χ0v) is 23.2. The highest BCUT2D eigenvalue weighted by Gasteiger charge is 2.18. The van der Waals surface area contributed by atoms with Crippen LogP contribution in [0.5, 0.6) is 0 Å². The van der Waals surface area contributed by atoms with E-state index >= 15 is 0 Å². The predicted octanol–water partition coefficient (Wildman–Crippen LogP) is 11.8. The smallest absolute Gasteiger partial charge is 0.00201 e. The Balaban J connectivity index is 1.37. The van der Waals surface area contributed by atoms with Crippen LogP contribution in [0, 0.1) is 0 Å². The van der Waals surface area contributed by atoms with Crippen LogP contribution >= 0.6 is 0 Å². The van der Waals surface area contributed by atoms with Gasteiger partial charge in [-0.3, -0.25) is 0 Å². The van der Waals surface area contributed by atoms with Gasteiger partial charge in [-0.05, 0) is 82.9 Å². The lowest BCUT2D eigenvalue weighted by Gasteiger charge is -2.19. The van der Waals surface area contributed by atoms with E-state index in [1.54, 1.807) is 0 Å². The number of rotatable bonds is 4. The summed E-state index contributed by atoms with van der Waals surface area (Å²) in [5.41, 5.74) is 10.0. The molecule has 0 fully saturated rings. The van der Waals surface area contributed by atoms with E-state index in [4.69, 9.17) is 0 Å². The van der Waals surface area contributed by atoms with Crippen molar-refractivity contribution in [3.63, 3.8) is 0 Å². The molecule has 0 nitrogen and oxygen atoms in total. The van der Waals surface area contributed by atoms with Crippen LogP contribution in [0.15, 0.2) is 170 Å². The first-order chi connectivity index (χ1) is 20.8. The van der Waals surface area contributed by atoms with E-state index in [1.807, 2.05) is 0 Å². The molecule has 0 heterocycles. The van der Waals surface area contributed by atoms with Crippen molar-refractivity contribution in [2.24, 2.45) is 0 Å². The first kappa shape index (κ1) is 24.3. The fourth-order valence-electron chi connectivity index (χ4n) is 6.50. The van der Waals surface area contributed by atoms with Crippen molar-refractivity contribution >= 4 is 32.3 Å². The van der Waals surface area contributed by atoms with Crippen LogP contribution < -0.4 is 0 Å². The molecule has 0 aliphatic heterocycles. The Morgan fingerprint density at radius 2 is 0.690 bits per heavy atom. The fraction of sp³-hybridized carbons (Fsp3) is 0. The molecule has 0 spiro atoms. The van der Waals surface area contributed by atoms with Crippen molar-refractivity contribution in [2.75, 3.05) is 0 Å². The molecule has 8 aromatic carbocycles. The van der Waals surface area contributed by atoms with E-state index in [1.165, 1.54) is 76.8 Å². The summed E-state index contributed by atoms with van der Waals surface area (Å²) in [5.74, 6) is 0. The Kier molecular flexibility index (Phi) is 5.90. The number of hydrogen-bond donors (Lipinski definition) is 0. The summed E-state index contributed by atoms with van der Waals surface area (Å²) in [5, 5.41) is 7.62. The molecule has 0 unspecified atom stereocenters. The van der Waals surface area contributed by atoms with Gasteiger partial charge >= 0.3 is 0 Å². The molecular weight excluding hydrogens is 504 g/mol. The zero-order chi connectivity index (χ0) is 27.9. The van der Waals surface area contributed by atoms with Crippen LogP contribution in [-0.2, 0) is 0 Å². The number of benzene rings is 8.